The molecule has 1 aromatic carbocycles. The summed E-state index contributed by atoms with van der Waals surface area (Å²) < 4.78 is 0. The normalized spacial score (nSPS) is 17.1. The van der Waals surface area contributed by atoms with Crippen LogP contribution in [-0.4, -0.2) is 17.0 Å². The Morgan fingerprint density at radius 3 is 2.33 bits per heavy atom. The van der Waals surface area contributed by atoms with Crippen LogP contribution in [0.2, 0.25) is 0 Å². The maximum atomic E-state index is 12.2. The van der Waals surface area contributed by atoms with Gasteiger partial charge in [0.2, 0.25) is 5.91 Å². The van der Waals surface area contributed by atoms with Crippen LogP contribution in [0.25, 0.3) is 0 Å². The number of carboxylic acid groups (broad SMARTS) is 1. The highest BCUT2D eigenvalue weighted by molar-refractivity contribution is 5.78. The highest BCUT2D eigenvalue weighted by Crippen LogP contribution is 2.42. The second kappa shape index (κ2) is 7.25. The van der Waals surface area contributed by atoms with Crippen molar-refractivity contribution in [1.82, 2.24) is 5.32 Å². The number of aliphatic carboxylic acids is 1. The SMILES string of the molecule is O=C(O)CC1(CC(=O)NCc2ccccc2)CCCCC1. The molecule has 0 spiro atoms. The molecular formula is C17H23NO3. The molecule has 0 radical (unpaired) electrons. The first-order valence-corrected chi connectivity index (χ1v) is 7.62. The zero-order valence-electron chi connectivity index (χ0n) is 12.3. The van der Waals surface area contributed by atoms with Crippen molar-refractivity contribution in [2.45, 2.75) is 51.5 Å². The average Bonchev–Trinajstić information content (AvgIpc) is 2.46. The van der Waals surface area contributed by atoms with Crippen LogP contribution in [0.5, 0.6) is 0 Å². The third-order valence-electron chi connectivity index (χ3n) is 4.31. The van der Waals surface area contributed by atoms with Crippen molar-refractivity contribution in [2.75, 3.05) is 0 Å². The number of hydrogen-bond donors (Lipinski definition) is 2. The van der Waals surface area contributed by atoms with Crippen LogP contribution in [0, 0.1) is 5.41 Å². The molecule has 1 amide bonds. The number of benzene rings is 1. The van der Waals surface area contributed by atoms with E-state index in [0.717, 1.165) is 37.7 Å². The molecule has 1 aliphatic rings. The van der Waals surface area contributed by atoms with Crippen molar-refractivity contribution >= 4 is 11.9 Å². The van der Waals surface area contributed by atoms with Crippen molar-refractivity contribution in [3.8, 4) is 0 Å². The minimum Gasteiger partial charge on any atom is -0.481 e. The lowest BCUT2D eigenvalue weighted by Crippen LogP contribution is -2.35. The fourth-order valence-electron chi connectivity index (χ4n) is 3.24. The number of carbonyl (C=O) groups is 2. The smallest absolute Gasteiger partial charge is 0.303 e. The Hall–Kier alpha value is -1.84. The Morgan fingerprint density at radius 2 is 1.71 bits per heavy atom. The lowest BCUT2D eigenvalue weighted by molar-refractivity contribution is -0.141. The van der Waals surface area contributed by atoms with E-state index in [1.165, 1.54) is 0 Å². The van der Waals surface area contributed by atoms with E-state index in [1.807, 2.05) is 30.3 Å². The van der Waals surface area contributed by atoms with Crippen molar-refractivity contribution in [2.24, 2.45) is 5.41 Å². The van der Waals surface area contributed by atoms with E-state index < -0.39 is 5.97 Å². The molecule has 1 aromatic rings. The molecule has 0 bridgehead atoms. The second-order valence-electron chi connectivity index (χ2n) is 6.07. The van der Waals surface area contributed by atoms with E-state index in [9.17, 15) is 9.59 Å². The fraction of sp³-hybridized carbons (Fsp3) is 0.529. The van der Waals surface area contributed by atoms with E-state index >= 15 is 0 Å². The molecule has 0 heterocycles. The largest absolute Gasteiger partial charge is 0.481 e. The topological polar surface area (TPSA) is 66.4 Å². The fourth-order valence-corrected chi connectivity index (χ4v) is 3.24. The Labute approximate surface area is 125 Å². The predicted molar refractivity (Wildman–Crippen MR) is 80.7 cm³/mol. The highest BCUT2D eigenvalue weighted by atomic mass is 16.4. The summed E-state index contributed by atoms with van der Waals surface area (Å²) >= 11 is 0. The lowest BCUT2D eigenvalue weighted by Gasteiger charge is -2.35. The monoisotopic (exact) mass is 289 g/mol. The molecule has 0 unspecified atom stereocenters. The number of nitrogens with one attached hydrogen (secondary N) is 1. The van der Waals surface area contributed by atoms with Gasteiger partial charge in [-0.15, -0.1) is 0 Å². The van der Waals surface area contributed by atoms with Gasteiger partial charge < -0.3 is 10.4 Å². The first-order valence-electron chi connectivity index (χ1n) is 7.62. The molecule has 2 rings (SSSR count). The van der Waals surface area contributed by atoms with Crippen LogP contribution in [0.1, 0.15) is 50.5 Å². The molecule has 1 saturated carbocycles. The number of rotatable bonds is 6. The van der Waals surface area contributed by atoms with Crippen LogP contribution >= 0.6 is 0 Å². The van der Waals surface area contributed by atoms with Crippen LogP contribution < -0.4 is 5.32 Å². The summed E-state index contributed by atoms with van der Waals surface area (Å²) in [7, 11) is 0. The molecule has 2 N–H and O–H groups in total. The van der Waals surface area contributed by atoms with E-state index in [1.54, 1.807) is 0 Å². The third-order valence-corrected chi connectivity index (χ3v) is 4.31. The molecule has 1 fully saturated rings. The van der Waals surface area contributed by atoms with Gasteiger partial charge in [0.1, 0.15) is 0 Å². The summed E-state index contributed by atoms with van der Waals surface area (Å²) in [6, 6.07) is 9.75. The van der Waals surface area contributed by atoms with E-state index in [2.05, 4.69) is 5.32 Å². The van der Waals surface area contributed by atoms with Gasteiger partial charge in [0.15, 0.2) is 0 Å². The first-order chi connectivity index (χ1) is 10.1. The maximum absolute atomic E-state index is 12.2. The summed E-state index contributed by atoms with van der Waals surface area (Å²) in [5, 5.41) is 12.0. The lowest BCUT2D eigenvalue weighted by atomic mass is 9.69. The zero-order valence-corrected chi connectivity index (χ0v) is 12.3. The first kappa shape index (κ1) is 15.5. The Bertz CT molecular complexity index is 478. The molecule has 0 aliphatic heterocycles. The maximum Gasteiger partial charge on any atom is 0.303 e. The van der Waals surface area contributed by atoms with Crippen molar-refractivity contribution < 1.29 is 14.7 Å². The summed E-state index contributed by atoms with van der Waals surface area (Å²) in [5.41, 5.74) is 0.715. The molecule has 0 atom stereocenters. The Kier molecular flexibility index (Phi) is 5.37. The standard InChI is InChI=1S/C17H23NO3/c19-15(18-13-14-7-3-1-4-8-14)11-17(12-16(20)21)9-5-2-6-10-17/h1,3-4,7-8H,2,5-6,9-13H2,(H,18,19)(H,20,21). The number of carboxylic acids is 1. The van der Waals surface area contributed by atoms with Gasteiger partial charge in [-0.1, -0.05) is 49.6 Å². The van der Waals surface area contributed by atoms with Gasteiger partial charge in [-0.3, -0.25) is 9.59 Å². The van der Waals surface area contributed by atoms with E-state index in [4.69, 9.17) is 5.11 Å². The van der Waals surface area contributed by atoms with Crippen LogP contribution in [0.3, 0.4) is 0 Å². The van der Waals surface area contributed by atoms with Gasteiger partial charge in [0.05, 0.1) is 6.42 Å². The molecule has 21 heavy (non-hydrogen) atoms. The summed E-state index contributed by atoms with van der Waals surface area (Å²) in [6.45, 7) is 0.503. The summed E-state index contributed by atoms with van der Waals surface area (Å²) in [5.74, 6) is -0.838. The van der Waals surface area contributed by atoms with E-state index in [-0.39, 0.29) is 17.7 Å². The van der Waals surface area contributed by atoms with Crippen LogP contribution in [0.4, 0.5) is 0 Å². The van der Waals surface area contributed by atoms with Gasteiger partial charge in [0, 0.05) is 13.0 Å². The predicted octanol–water partition coefficient (Wildman–Crippen LogP) is 3.12. The molecule has 0 aromatic heterocycles. The summed E-state index contributed by atoms with van der Waals surface area (Å²) in [6.07, 6.45) is 5.32. The molecule has 1 aliphatic carbocycles. The molecule has 0 saturated heterocycles. The quantitative estimate of drug-likeness (QED) is 0.845. The van der Waals surface area contributed by atoms with Gasteiger partial charge in [-0.25, -0.2) is 0 Å². The number of amides is 1. The summed E-state index contributed by atoms with van der Waals surface area (Å²) in [4.78, 5) is 23.3. The second-order valence-corrected chi connectivity index (χ2v) is 6.07. The average molecular weight is 289 g/mol. The van der Waals surface area contributed by atoms with Gasteiger partial charge in [-0.05, 0) is 23.8 Å². The Morgan fingerprint density at radius 1 is 1.05 bits per heavy atom. The van der Waals surface area contributed by atoms with Crippen molar-refractivity contribution in [3.05, 3.63) is 35.9 Å². The molecule has 114 valence electrons. The van der Waals surface area contributed by atoms with E-state index in [0.29, 0.717) is 13.0 Å². The molecule has 4 heteroatoms. The van der Waals surface area contributed by atoms with Crippen LogP contribution in [-0.2, 0) is 16.1 Å². The van der Waals surface area contributed by atoms with Gasteiger partial charge in [-0.2, -0.15) is 0 Å². The van der Waals surface area contributed by atoms with Crippen molar-refractivity contribution in [1.29, 1.82) is 0 Å². The third kappa shape index (κ3) is 4.88. The van der Waals surface area contributed by atoms with Crippen LogP contribution in [0.15, 0.2) is 30.3 Å². The molecular weight excluding hydrogens is 266 g/mol. The minimum atomic E-state index is -0.798. The Balaban J connectivity index is 1.90. The van der Waals surface area contributed by atoms with Gasteiger partial charge >= 0.3 is 5.97 Å². The minimum absolute atomic E-state index is 0.0398. The number of hydrogen-bond acceptors (Lipinski definition) is 2. The van der Waals surface area contributed by atoms with Crippen molar-refractivity contribution in [3.63, 3.8) is 0 Å². The number of carbonyl (C=O) groups excluding carboxylic acids is 1. The zero-order chi connectivity index (χ0) is 15.1. The highest BCUT2D eigenvalue weighted by Gasteiger charge is 2.36. The molecule has 4 nitrogen and oxygen atoms in total. The van der Waals surface area contributed by atoms with Gasteiger partial charge in [0.25, 0.3) is 0 Å².